The predicted octanol–water partition coefficient (Wildman–Crippen LogP) is 5.25. The molecule has 1 unspecified atom stereocenters. The van der Waals surface area contributed by atoms with Gasteiger partial charge in [-0.3, -0.25) is 4.79 Å². The van der Waals surface area contributed by atoms with Crippen molar-refractivity contribution in [1.82, 2.24) is 0 Å². The molecule has 1 aliphatic heterocycles. The van der Waals surface area contributed by atoms with Gasteiger partial charge in [-0.15, -0.1) is 11.3 Å². The van der Waals surface area contributed by atoms with Crippen molar-refractivity contribution in [2.45, 2.75) is 70.6 Å². The minimum absolute atomic E-state index is 0.0309. The first-order valence-electron chi connectivity index (χ1n) is 11.4. The molecule has 1 aliphatic rings. The fourth-order valence-electron chi connectivity index (χ4n) is 4.03. The van der Waals surface area contributed by atoms with Crippen LogP contribution in [0, 0.1) is 0 Å². The molecule has 1 fully saturated rings. The lowest BCUT2D eigenvalue weighted by atomic mass is 9.99. The summed E-state index contributed by atoms with van der Waals surface area (Å²) >= 11 is 1.36. The Hall–Kier alpha value is -2.22. The number of piperidine rings is 1. The molecule has 0 spiro atoms. The average Bonchev–Trinajstić information content (AvgIpc) is 3.28. The van der Waals surface area contributed by atoms with Crippen molar-refractivity contribution in [2.24, 2.45) is 0 Å². The summed E-state index contributed by atoms with van der Waals surface area (Å²) in [4.78, 5) is 27.7. The Morgan fingerprint density at radius 2 is 2.00 bits per heavy atom. The number of hydrogen-bond donors (Lipinski definition) is 1. The monoisotopic (exact) mass is 459 g/mol. The van der Waals surface area contributed by atoms with Gasteiger partial charge in [-0.25, -0.2) is 4.79 Å². The standard InChI is InChI=1S/C25H33NO5S/c1-3-4-5-8-22(27)18-10-12-19(13-11-18)26-20(7-6-9-24(26)28)16-31-17-21-14-15-23(32-21)25(29)30-2/h10-15,20,22,27H,3-9,16-17H2,1-2H3/t20-,22?/m1/s1. The van der Waals surface area contributed by atoms with Crippen LogP contribution >= 0.6 is 11.3 Å². The van der Waals surface area contributed by atoms with Gasteiger partial charge < -0.3 is 19.5 Å². The topological polar surface area (TPSA) is 76.1 Å². The van der Waals surface area contributed by atoms with Gasteiger partial charge >= 0.3 is 5.97 Å². The Morgan fingerprint density at radius 3 is 2.72 bits per heavy atom. The van der Waals surface area contributed by atoms with Crippen molar-refractivity contribution in [2.75, 3.05) is 18.6 Å². The number of rotatable bonds is 11. The zero-order valence-corrected chi connectivity index (χ0v) is 19.7. The van der Waals surface area contributed by atoms with Crippen LogP contribution in [0.5, 0.6) is 0 Å². The molecule has 2 heterocycles. The third-order valence-corrected chi connectivity index (χ3v) is 6.84. The summed E-state index contributed by atoms with van der Waals surface area (Å²) in [6.07, 6.45) is 5.81. The third kappa shape index (κ3) is 6.40. The van der Waals surface area contributed by atoms with E-state index in [-0.39, 0.29) is 17.9 Å². The highest BCUT2D eigenvalue weighted by Gasteiger charge is 2.29. The Balaban J connectivity index is 1.59. The van der Waals surface area contributed by atoms with E-state index in [1.165, 1.54) is 18.4 Å². The molecule has 6 nitrogen and oxygen atoms in total. The highest BCUT2D eigenvalue weighted by molar-refractivity contribution is 7.13. The van der Waals surface area contributed by atoms with Crippen LogP contribution in [-0.4, -0.2) is 36.7 Å². The summed E-state index contributed by atoms with van der Waals surface area (Å²) in [7, 11) is 1.37. The van der Waals surface area contributed by atoms with Crippen molar-refractivity contribution in [1.29, 1.82) is 0 Å². The second-order valence-corrected chi connectivity index (χ2v) is 9.35. The van der Waals surface area contributed by atoms with Crippen molar-refractivity contribution in [3.8, 4) is 0 Å². The molecule has 1 saturated heterocycles. The SMILES string of the molecule is CCCCCC(O)c1ccc(N2C(=O)CCC[C@@H]2COCc2ccc(C(=O)OC)s2)cc1. The summed E-state index contributed by atoms with van der Waals surface area (Å²) in [5, 5.41) is 10.4. The van der Waals surface area contributed by atoms with Crippen LogP contribution in [0.3, 0.4) is 0 Å². The molecule has 0 bridgehead atoms. The Morgan fingerprint density at radius 1 is 1.22 bits per heavy atom. The van der Waals surface area contributed by atoms with E-state index in [4.69, 9.17) is 9.47 Å². The lowest BCUT2D eigenvalue weighted by Crippen LogP contribution is -2.46. The molecule has 3 rings (SSSR count). The molecule has 2 atom stereocenters. The number of carbonyl (C=O) groups excluding carboxylic acids is 2. The molecule has 1 amide bonds. The maximum atomic E-state index is 12.7. The smallest absolute Gasteiger partial charge is 0.348 e. The van der Waals surface area contributed by atoms with Crippen molar-refractivity contribution in [3.05, 3.63) is 51.7 Å². The quantitative estimate of drug-likeness (QED) is 0.367. The fourth-order valence-corrected chi connectivity index (χ4v) is 4.89. The second kappa shape index (κ2) is 12.1. The molecule has 32 heavy (non-hydrogen) atoms. The van der Waals surface area contributed by atoms with Gasteiger partial charge in [-0.1, -0.05) is 38.3 Å². The van der Waals surface area contributed by atoms with Gasteiger partial charge in [-0.05, 0) is 49.1 Å². The van der Waals surface area contributed by atoms with Crippen LogP contribution in [-0.2, 0) is 20.9 Å². The summed E-state index contributed by atoms with van der Waals surface area (Å²) < 4.78 is 10.7. The summed E-state index contributed by atoms with van der Waals surface area (Å²) in [5.41, 5.74) is 1.73. The van der Waals surface area contributed by atoms with Crippen molar-refractivity contribution < 1.29 is 24.2 Å². The van der Waals surface area contributed by atoms with Crippen LogP contribution in [0.15, 0.2) is 36.4 Å². The van der Waals surface area contributed by atoms with Gasteiger partial charge in [0.2, 0.25) is 5.91 Å². The largest absolute Gasteiger partial charge is 0.465 e. The predicted molar refractivity (Wildman–Crippen MR) is 126 cm³/mol. The molecule has 1 aromatic carbocycles. The second-order valence-electron chi connectivity index (χ2n) is 8.19. The number of aliphatic hydroxyl groups excluding tert-OH is 1. The molecule has 0 radical (unpaired) electrons. The van der Waals surface area contributed by atoms with E-state index in [2.05, 4.69) is 6.92 Å². The summed E-state index contributed by atoms with van der Waals surface area (Å²) in [5.74, 6) is -0.241. The van der Waals surface area contributed by atoms with Crippen LogP contribution in [0.2, 0.25) is 0 Å². The van der Waals surface area contributed by atoms with Gasteiger partial charge in [0.25, 0.3) is 0 Å². The fraction of sp³-hybridized carbons (Fsp3) is 0.520. The molecule has 1 N–H and O–H groups in total. The minimum atomic E-state index is -0.465. The van der Waals surface area contributed by atoms with Crippen LogP contribution < -0.4 is 4.90 Å². The highest BCUT2D eigenvalue weighted by Crippen LogP contribution is 2.29. The number of nitrogens with zero attached hydrogens (tertiary/aromatic N) is 1. The van der Waals surface area contributed by atoms with Crippen LogP contribution in [0.4, 0.5) is 5.69 Å². The number of carbonyl (C=O) groups is 2. The third-order valence-electron chi connectivity index (χ3n) is 5.80. The van der Waals surface area contributed by atoms with Crippen LogP contribution in [0.1, 0.15) is 78.1 Å². The molecule has 0 saturated carbocycles. The van der Waals surface area contributed by atoms with E-state index >= 15 is 0 Å². The number of ether oxygens (including phenoxy) is 2. The minimum Gasteiger partial charge on any atom is -0.465 e. The number of methoxy groups -OCH3 is 1. The van der Waals surface area contributed by atoms with Gasteiger partial charge in [0, 0.05) is 17.0 Å². The maximum absolute atomic E-state index is 12.7. The zero-order valence-electron chi connectivity index (χ0n) is 18.9. The average molecular weight is 460 g/mol. The Labute approximate surface area is 194 Å². The molecular formula is C25H33NO5S. The lowest BCUT2D eigenvalue weighted by Gasteiger charge is -2.35. The van der Waals surface area contributed by atoms with Gasteiger partial charge in [0.15, 0.2) is 0 Å². The summed E-state index contributed by atoms with van der Waals surface area (Å²) in [6, 6.07) is 11.3. The first-order chi connectivity index (χ1) is 15.5. The molecule has 7 heteroatoms. The summed E-state index contributed by atoms with van der Waals surface area (Å²) in [6.45, 7) is 2.97. The van der Waals surface area contributed by atoms with E-state index in [0.717, 1.165) is 54.7 Å². The van der Waals surface area contributed by atoms with Gasteiger partial charge in [0.05, 0.1) is 32.5 Å². The van der Waals surface area contributed by atoms with Crippen LogP contribution in [0.25, 0.3) is 0 Å². The molecule has 1 aromatic heterocycles. The van der Waals surface area contributed by atoms with Gasteiger partial charge in [-0.2, -0.15) is 0 Å². The maximum Gasteiger partial charge on any atom is 0.348 e. The van der Waals surface area contributed by atoms with E-state index < -0.39 is 6.10 Å². The number of anilines is 1. The number of unbranched alkanes of at least 4 members (excludes halogenated alkanes) is 2. The van der Waals surface area contributed by atoms with E-state index in [9.17, 15) is 14.7 Å². The number of aliphatic hydroxyl groups is 1. The van der Waals surface area contributed by atoms with E-state index in [0.29, 0.717) is 24.5 Å². The number of benzene rings is 1. The van der Waals surface area contributed by atoms with Crippen molar-refractivity contribution in [3.63, 3.8) is 0 Å². The molecular weight excluding hydrogens is 426 g/mol. The molecule has 2 aromatic rings. The Bertz CT molecular complexity index is 879. The first kappa shape index (κ1) is 24.4. The first-order valence-corrected chi connectivity index (χ1v) is 12.2. The lowest BCUT2D eigenvalue weighted by molar-refractivity contribution is -0.120. The zero-order chi connectivity index (χ0) is 22.9. The number of esters is 1. The number of hydrogen-bond acceptors (Lipinski definition) is 6. The van der Waals surface area contributed by atoms with E-state index in [1.54, 1.807) is 6.07 Å². The van der Waals surface area contributed by atoms with E-state index in [1.807, 2.05) is 35.2 Å². The highest BCUT2D eigenvalue weighted by atomic mass is 32.1. The Kier molecular flexibility index (Phi) is 9.26. The molecule has 0 aliphatic carbocycles. The number of amides is 1. The molecule has 174 valence electrons. The van der Waals surface area contributed by atoms with Crippen molar-refractivity contribution >= 4 is 28.9 Å². The number of thiophene rings is 1. The normalized spacial score (nSPS) is 17.4. The van der Waals surface area contributed by atoms with Gasteiger partial charge in [0.1, 0.15) is 4.88 Å².